The van der Waals surface area contributed by atoms with E-state index in [9.17, 15) is 13.2 Å². The standard InChI is InChI=1S/C13H10F3NO/c14-13(15,16)9-2-1-3-12(8-9)18-11-6-4-10(17)5-7-11/h1-8H,17H2. The van der Waals surface area contributed by atoms with Crippen molar-refractivity contribution in [2.75, 3.05) is 5.73 Å². The lowest BCUT2D eigenvalue weighted by Crippen LogP contribution is -2.04. The Kier molecular flexibility index (Phi) is 3.14. The number of anilines is 1. The molecule has 2 N–H and O–H groups in total. The molecule has 2 aromatic carbocycles. The number of nitrogen functional groups attached to an aromatic ring is 1. The van der Waals surface area contributed by atoms with Crippen LogP contribution in [0.5, 0.6) is 11.5 Å². The molecule has 0 amide bonds. The third kappa shape index (κ3) is 2.94. The Bertz CT molecular complexity index is 535. The van der Waals surface area contributed by atoms with Crippen molar-refractivity contribution in [2.45, 2.75) is 6.18 Å². The quantitative estimate of drug-likeness (QED) is 0.818. The smallest absolute Gasteiger partial charge is 0.416 e. The van der Waals surface area contributed by atoms with Gasteiger partial charge in [-0.1, -0.05) is 6.07 Å². The van der Waals surface area contributed by atoms with Gasteiger partial charge < -0.3 is 10.5 Å². The largest absolute Gasteiger partial charge is 0.457 e. The van der Waals surface area contributed by atoms with Gasteiger partial charge in [-0.15, -0.1) is 0 Å². The van der Waals surface area contributed by atoms with E-state index in [1.807, 2.05) is 0 Å². The van der Waals surface area contributed by atoms with Crippen molar-refractivity contribution >= 4 is 5.69 Å². The van der Waals surface area contributed by atoms with E-state index in [4.69, 9.17) is 10.5 Å². The third-order valence-electron chi connectivity index (χ3n) is 2.28. The normalized spacial score (nSPS) is 11.3. The second kappa shape index (κ2) is 4.60. The van der Waals surface area contributed by atoms with E-state index in [1.165, 1.54) is 12.1 Å². The Labute approximate surface area is 102 Å². The molecule has 0 aliphatic heterocycles. The first-order chi connectivity index (χ1) is 8.45. The number of halogens is 3. The molecule has 0 atom stereocenters. The van der Waals surface area contributed by atoms with Crippen molar-refractivity contribution < 1.29 is 17.9 Å². The van der Waals surface area contributed by atoms with E-state index in [0.29, 0.717) is 11.4 Å². The fourth-order valence-corrected chi connectivity index (χ4v) is 1.41. The summed E-state index contributed by atoms with van der Waals surface area (Å²) in [5.41, 5.74) is 5.32. The predicted octanol–water partition coefficient (Wildman–Crippen LogP) is 4.08. The van der Waals surface area contributed by atoms with Crippen LogP contribution in [0.25, 0.3) is 0 Å². The molecular formula is C13H10F3NO. The van der Waals surface area contributed by atoms with Gasteiger partial charge in [-0.3, -0.25) is 0 Å². The van der Waals surface area contributed by atoms with Gasteiger partial charge in [0, 0.05) is 5.69 Å². The molecule has 0 saturated carbocycles. The number of rotatable bonds is 2. The molecule has 5 heteroatoms. The Morgan fingerprint density at radius 2 is 1.56 bits per heavy atom. The minimum absolute atomic E-state index is 0.134. The molecule has 94 valence electrons. The van der Waals surface area contributed by atoms with Gasteiger partial charge in [-0.25, -0.2) is 0 Å². The summed E-state index contributed by atoms with van der Waals surface area (Å²) >= 11 is 0. The zero-order valence-electron chi connectivity index (χ0n) is 9.24. The molecule has 0 aliphatic carbocycles. The second-order valence-electron chi connectivity index (χ2n) is 3.70. The van der Waals surface area contributed by atoms with E-state index in [0.717, 1.165) is 12.1 Å². The SMILES string of the molecule is Nc1ccc(Oc2cccc(C(F)(F)F)c2)cc1. The average molecular weight is 253 g/mol. The Morgan fingerprint density at radius 3 is 2.17 bits per heavy atom. The Hall–Kier alpha value is -2.17. The van der Waals surface area contributed by atoms with Crippen LogP contribution >= 0.6 is 0 Å². The first-order valence-corrected chi connectivity index (χ1v) is 5.16. The van der Waals surface area contributed by atoms with E-state index >= 15 is 0 Å². The molecule has 0 saturated heterocycles. The average Bonchev–Trinajstić information content (AvgIpc) is 2.31. The fraction of sp³-hybridized carbons (Fsp3) is 0.0769. The Morgan fingerprint density at radius 1 is 0.889 bits per heavy atom. The molecule has 0 unspecified atom stereocenters. The number of hydrogen-bond acceptors (Lipinski definition) is 2. The van der Waals surface area contributed by atoms with Crippen LogP contribution in [0.2, 0.25) is 0 Å². The second-order valence-corrected chi connectivity index (χ2v) is 3.70. The number of benzene rings is 2. The maximum absolute atomic E-state index is 12.5. The minimum atomic E-state index is -4.37. The summed E-state index contributed by atoms with van der Waals surface area (Å²) in [6.07, 6.45) is -4.37. The summed E-state index contributed by atoms with van der Waals surface area (Å²) in [4.78, 5) is 0. The highest BCUT2D eigenvalue weighted by Gasteiger charge is 2.30. The zero-order valence-corrected chi connectivity index (χ0v) is 9.24. The number of alkyl halides is 3. The maximum atomic E-state index is 12.5. The summed E-state index contributed by atoms with van der Waals surface area (Å²) < 4.78 is 42.8. The minimum Gasteiger partial charge on any atom is -0.457 e. The summed E-state index contributed by atoms with van der Waals surface area (Å²) in [6, 6.07) is 11.1. The Balaban J connectivity index is 2.22. The summed E-state index contributed by atoms with van der Waals surface area (Å²) in [7, 11) is 0. The topological polar surface area (TPSA) is 35.2 Å². The van der Waals surface area contributed by atoms with Crippen LogP contribution < -0.4 is 10.5 Å². The highest BCUT2D eigenvalue weighted by atomic mass is 19.4. The predicted molar refractivity (Wildman–Crippen MR) is 62.4 cm³/mol. The first kappa shape index (κ1) is 12.3. The van der Waals surface area contributed by atoms with Crippen LogP contribution in [0.15, 0.2) is 48.5 Å². The van der Waals surface area contributed by atoms with Gasteiger partial charge in [-0.05, 0) is 42.5 Å². The lowest BCUT2D eigenvalue weighted by Gasteiger charge is -2.10. The van der Waals surface area contributed by atoms with Gasteiger partial charge in [0.05, 0.1) is 5.56 Å². The van der Waals surface area contributed by atoms with Gasteiger partial charge in [0.2, 0.25) is 0 Å². The molecule has 0 aliphatic rings. The van der Waals surface area contributed by atoms with Gasteiger partial charge in [-0.2, -0.15) is 13.2 Å². The highest BCUT2D eigenvalue weighted by Crippen LogP contribution is 2.32. The van der Waals surface area contributed by atoms with Crippen molar-refractivity contribution in [3.63, 3.8) is 0 Å². The summed E-state index contributed by atoms with van der Waals surface area (Å²) in [5.74, 6) is 0.568. The van der Waals surface area contributed by atoms with E-state index in [-0.39, 0.29) is 5.75 Å². The molecule has 0 aromatic heterocycles. The van der Waals surface area contributed by atoms with Crippen LogP contribution in [0.1, 0.15) is 5.56 Å². The molecule has 0 spiro atoms. The first-order valence-electron chi connectivity index (χ1n) is 5.16. The van der Waals surface area contributed by atoms with Gasteiger partial charge in [0.25, 0.3) is 0 Å². The van der Waals surface area contributed by atoms with E-state index < -0.39 is 11.7 Å². The molecule has 18 heavy (non-hydrogen) atoms. The number of hydrogen-bond donors (Lipinski definition) is 1. The number of ether oxygens (including phenoxy) is 1. The summed E-state index contributed by atoms with van der Waals surface area (Å²) in [5, 5.41) is 0. The van der Waals surface area contributed by atoms with Gasteiger partial charge >= 0.3 is 6.18 Å². The van der Waals surface area contributed by atoms with Crippen LogP contribution in [0.4, 0.5) is 18.9 Å². The highest BCUT2D eigenvalue weighted by molar-refractivity contribution is 5.43. The van der Waals surface area contributed by atoms with Crippen LogP contribution in [0, 0.1) is 0 Å². The maximum Gasteiger partial charge on any atom is 0.416 e. The van der Waals surface area contributed by atoms with Crippen molar-refractivity contribution in [1.82, 2.24) is 0 Å². The van der Waals surface area contributed by atoms with Gasteiger partial charge in [0.1, 0.15) is 11.5 Å². The molecular weight excluding hydrogens is 243 g/mol. The monoisotopic (exact) mass is 253 g/mol. The van der Waals surface area contributed by atoms with Crippen molar-refractivity contribution in [2.24, 2.45) is 0 Å². The van der Waals surface area contributed by atoms with Crippen LogP contribution in [-0.2, 0) is 6.18 Å². The van der Waals surface area contributed by atoms with Gasteiger partial charge in [0.15, 0.2) is 0 Å². The van der Waals surface area contributed by atoms with Crippen LogP contribution in [-0.4, -0.2) is 0 Å². The van der Waals surface area contributed by atoms with E-state index in [1.54, 1.807) is 24.3 Å². The zero-order chi connectivity index (χ0) is 13.2. The summed E-state index contributed by atoms with van der Waals surface area (Å²) in [6.45, 7) is 0. The van der Waals surface area contributed by atoms with Crippen molar-refractivity contribution in [3.8, 4) is 11.5 Å². The van der Waals surface area contributed by atoms with Crippen molar-refractivity contribution in [1.29, 1.82) is 0 Å². The van der Waals surface area contributed by atoms with Crippen molar-refractivity contribution in [3.05, 3.63) is 54.1 Å². The molecule has 0 bridgehead atoms. The fourth-order valence-electron chi connectivity index (χ4n) is 1.41. The van der Waals surface area contributed by atoms with E-state index in [2.05, 4.69) is 0 Å². The molecule has 2 aromatic rings. The lowest BCUT2D eigenvalue weighted by molar-refractivity contribution is -0.137. The lowest BCUT2D eigenvalue weighted by atomic mass is 10.2. The molecule has 0 heterocycles. The molecule has 0 fully saturated rings. The molecule has 2 rings (SSSR count). The molecule has 0 radical (unpaired) electrons. The van der Waals surface area contributed by atoms with Crippen LogP contribution in [0.3, 0.4) is 0 Å². The third-order valence-corrected chi connectivity index (χ3v) is 2.28. The number of nitrogens with two attached hydrogens (primary N) is 1. The molecule has 2 nitrogen and oxygen atoms in total.